The van der Waals surface area contributed by atoms with Gasteiger partial charge in [0.25, 0.3) is 10.0 Å². The van der Waals surface area contributed by atoms with Gasteiger partial charge in [-0.3, -0.25) is 13.9 Å². The van der Waals surface area contributed by atoms with Gasteiger partial charge in [-0.1, -0.05) is 79.2 Å². The molecular weight excluding hydrogens is 510 g/mol. The Morgan fingerprint density at radius 3 is 2.05 bits per heavy atom. The molecule has 0 heterocycles. The first-order valence-corrected chi connectivity index (χ1v) is 13.9. The fourth-order valence-corrected chi connectivity index (χ4v) is 5.46. The van der Waals surface area contributed by atoms with Gasteiger partial charge in [0.1, 0.15) is 12.6 Å². The van der Waals surface area contributed by atoms with Crippen molar-refractivity contribution in [2.75, 3.05) is 10.8 Å². The van der Waals surface area contributed by atoms with Crippen LogP contribution in [-0.4, -0.2) is 43.8 Å². The molecule has 0 spiro atoms. The molecule has 0 aliphatic rings. The highest BCUT2D eigenvalue weighted by Gasteiger charge is 2.33. The molecule has 0 aliphatic heterocycles. The van der Waals surface area contributed by atoms with Gasteiger partial charge < -0.3 is 10.2 Å². The van der Waals surface area contributed by atoms with Crippen LogP contribution in [0, 0.1) is 0 Å². The average molecular weight is 542 g/mol. The summed E-state index contributed by atoms with van der Waals surface area (Å²) in [6, 6.07) is 22.7. The van der Waals surface area contributed by atoms with Crippen molar-refractivity contribution in [3.63, 3.8) is 0 Å². The summed E-state index contributed by atoms with van der Waals surface area (Å²) in [5, 5.41) is 3.10. The third-order valence-corrected chi connectivity index (χ3v) is 8.19. The van der Waals surface area contributed by atoms with Crippen LogP contribution in [0.2, 0.25) is 5.02 Å². The van der Waals surface area contributed by atoms with Gasteiger partial charge in [-0.15, -0.1) is 0 Å². The molecule has 0 aliphatic carbocycles. The van der Waals surface area contributed by atoms with Crippen LogP contribution >= 0.6 is 11.6 Å². The molecule has 3 rings (SSSR count). The zero-order valence-electron chi connectivity index (χ0n) is 21.2. The van der Waals surface area contributed by atoms with Gasteiger partial charge in [0.15, 0.2) is 0 Å². The van der Waals surface area contributed by atoms with Gasteiger partial charge in [0.05, 0.1) is 15.6 Å². The van der Waals surface area contributed by atoms with Gasteiger partial charge in [0.2, 0.25) is 11.8 Å². The summed E-state index contributed by atoms with van der Waals surface area (Å²) in [4.78, 5) is 28.3. The number of halogens is 1. The van der Waals surface area contributed by atoms with Crippen molar-refractivity contribution >= 4 is 39.1 Å². The van der Waals surface area contributed by atoms with Crippen molar-refractivity contribution in [3.05, 3.63) is 95.5 Å². The van der Waals surface area contributed by atoms with Crippen LogP contribution in [-0.2, 0) is 26.2 Å². The standard InChI is InChI=1S/C28H32ClN3O4S/c1-4-21(2)30-28(34)22(3)31(19-23-13-7-5-8-14-23)27(33)20-32(26-18-12-11-17-25(26)29)37(35,36)24-15-9-6-10-16-24/h5-18,21-22H,4,19-20H2,1-3H3,(H,30,34)/t21-,22+/m0/s1. The first-order chi connectivity index (χ1) is 17.6. The Bertz CT molecular complexity index is 1300. The summed E-state index contributed by atoms with van der Waals surface area (Å²) in [5.41, 5.74) is 0.993. The monoisotopic (exact) mass is 541 g/mol. The maximum Gasteiger partial charge on any atom is 0.264 e. The van der Waals surface area contributed by atoms with Crippen LogP contribution in [0.15, 0.2) is 89.8 Å². The number of anilines is 1. The molecule has 1 N–H and O–H groups in total. The molecule has 3 aromatic rings. The molecule has 2 atom stereocenters. The quantitative estimate of drug-likeness (QED) is 0.375. The Morgan fingerprint density at radius 2 is 1.46 bits per heavy atom. The van der Waals surface area contributed by atoms with Gasteiger partial charge in [-0.2, -0.15) is 0 Å². The van der Waals surface area contributed by atoms with Crippen molar-refractivity contribution in [3.8, 4) is 0 Å². The highest BCUT2D eigenvalue weighted by molar-refractivity contribution is 7.92. The predicted molar refractivity (Wildman–Crippen MR) is 147 cm³/mol. The molecule has 0 saturated carbocycles. The lowest BCUT2D eigenvalue weighted by molar-refractivity contribution is -0.139. The van der Waals surface area contributed by atoms with E-state index >= 15 is 0 Å². The molecule has 37 heavy (non-hydrogen) atoms. The Balaban J connectivity index is 2.01. The fraction of sp³-hybridized carbons (Fsp3) is 0.286. The first kappa shape index (κ1) is 28.2. The first-order valence-electron chi connectivity index (χ1n) is 12.1. The second kappa shape index (κ2) is 12.7. The van der Waals surface area contributed by atoms with E-state index in [4.69, 9.17) is 11.6 Å². The summed E-state index contributed by atoms with van der Waals surface area (Å²) in [7, 11) is -4.15. The largest absolute Gasteiger partial charge is 0.352 e. The molecule has 0 bridgehead atoms. The second-order valence-electron chi connectivity index (χ2n) is 8.78. The van der Waals surface area contributed by atoms with E-state index in [1.807, 2.05) is 44.2 Å². The molecule has 3 aromatic carbocycles. The average Bonchev–Trinajstić information content (AvgIpc) is 2.91. The zero-order chi connectivity index (χ0) is 27.0. The van der Waals surface area contributed by atoms with E-state index in [9.17, 15) is 18.0 Å². The van der Waals surface area contributed by atoms with Crippen LogP contribution in [0.3, 0.4) is 0 Å². The predicted octanol–water partition coefficient (Wildman–Crippen LogP) is 4.87. The topological polar surface area (TPSA) is 86.8 Å². The summed E-state index contributed by atoms with van der Waals surface area (Å²) in [6.07, 6.45) is 0.737. The Hall–Kier alpha value is -3.36. The summed E-state index contributed by atoms with van der Waals surface area (Å²) >= 11 is 6.40. The molecular formula is C28H32ClN3O4S. The molecule has 0 unspecified atom stereocenters. The third-order valence-electron chi connectivity index (χ3n) is 6.10. The van der Waals surface area contributed by atoms with E-state index in [0.717, 1.165) is 16.3 Å². The van der Waals surface area contributed by atoms with Crippen molar-refractivity contribution in [1.82, 2.24) is 10.2 Å². The Kier molecular flexibility index (Phi) is 9.72. The molecule has 2 amide bonds. The fourth-order valence-electron chi connectivity index (χ4n) is 3.72. The molecule has 0 fully saturated rings. The Labute approximate surface area is 224 Å². The number of hydrogen-bond acceptors (Lipinski definition) is 4. The minimum Gasteiger partial charge on any atom is -0.352 e. The zero-order valence-corrected chi connectivity index (χ0v) is 22.7. The van der Waals surface area contributed by atoms with Crippen molar-refractivity contribution in [2.45, 2.75) is 50.7 Å². The lowest BCUT2D eigenvalue weighted by atomic mass is 10.1. The molecule has 9 heteroatoms. The normalized spacial score (nSPS) is 12.9. The lowest BCUT2D eigenvalue weighted by Gasteiger charge is -2.32. The van der Waals surface area contributed by atoms with Gasteiger partial charge >= 0.3 is 0 Å². The van der Waals surface area contributed by atoms with Crippen molar-refractivity contribution < 1.29 is 18.0 Å². The molecule has 0 radical (unpaired) electrons. The summed E-state index contributed by atoms with van der Waals surface area (Å²) < 4.78 is 28.4. The minimum atomic E-state index is -4.15. The number of sulfonamides is 1. The maximum absolute atomic E-state index is 13.8. The van der Waals surface area contributed by atoms with Crippen molar-refractivity contribution in [1.29, 1.82) is 0 Å². The number of para-hydroxylation sites is 1. The van der Waals surface area contributed by atoms with E-state index < -0.39 is 28.5 Å². The van der Waals surface area contributed by atoms with Gasteiger partial charge in [-0.05, 0) is 50.1 Å². The van der Waals surface area contributed by atoms with Crippen LogP contribution in [0.1, 0.15) is 32.8 Å². The van der Waals surface area contributed by atoms with Crippen LogP contribution in [0.5, 0.6) is 0 Å². The summed E-state index contributed by atoms with van der Waals surface area (Å²) in [5.74, 6) is -0.844. The number of carbonyl (C=O) groups excluding carboxylic acids is 2. The third kappa shape index (κ3) is 7.11. The number of amides is 2. The number of rotatable bonds is 11. The smallest absolute Gasteiger partial charge is 0.264 e. The van der Waals surface area contributed by atoms with Gasteiger partial charge in [-0.25, -0.2) is 8.42 Å². The summed E-state index contributed by atoms with van der Waals surface area (Å²) in [6.45, 7) is 5.09. The van der Waals surface area contributed by atoms with Crippen LogP contribution in [0.4, 0.5) is 5.69 Å². The van der Waals surface area contributed by atoms with E-state index in [2.05, 4.69) is 5.32 Å². The SMILES string of the molecule is CC[C@H](C)NC(=O)[C@@H](C)N(Cc1ccccc1)C(=O)CN(c1ccccc1Cl)S(=O)(=O)c1ccccc1. The van der Waals surface area contributed by atoms with E-state index in [-0.39, 0.29) is 34.1 Å². The number of nitrogens with one attached hydrogen (secondary N) is 1. The molecule has 0 aromatic heterocycles. The van der Waals surface area contributed by atoms with E-state index in [1.165, 1.54) is 17.0 Å². The van der Waals surface area contributed by atoms with Crippen LogP contribution in [0.25, 0.3) is 0 Å². The molecule has 196 valence electrons. The van der Waals surface area contributed by atoms with E-state index in [0.29, 0.717) is 0 Å². The number of nitrogens with zero attached hydrogens (tertiary/aromatic N) is 2. The highest BCUT2D eigenvalue weighted by Crippen LogP contribution is 2.30. The maximum atomic E-state index is 13.8. The molecule has 7 nitrogen and oxygen atoms in total. The second-order valence-corrected chi connectivity index (χ2v) is 11.0. The lowest BCUT2D eigenvalue weighted by Crippen LogP contribution is -2.52. The number of hydrogen-bond donors (Lipinski definition) is 1. The van der Waals surface area contributed by atoms with E-state index in [1.54, 1.807) is 49.4 Å². The van der Waals surface area contributed by atoms with Gasteiger partial charge in [0, 0.05) is 12.6 Å². The Morgan fingerprint density at radius 1 is 0.892 bits per heavy atom. The highest BCUT2D eigenvalue weighted by atomic mass is 35.5. The molecule has 0 saturated heterocycles. The van der Waals surface area contributed by atoms with Crippen molar-refractivity contribution in [2.24, 2.45) is 0 Å². The minimum absolute atomic E-state index is 0.0277. The number of carbonyl (C=O) groups is 2. The number of benzene rings is 3. The van der Waals surface area contributed by atoms with Crippen LogP contribution < -0.4 is 9.62 Å².